The fourth-order valence-corrected chi connectivity index (χ4v) is 10.1. The lowest BCUT2D eigenvalue weighted by atomic mass is 9.32. The van der Waals surface area contributed by atoms with Crippen molar-refractivity contribution in [3.63, 3.8) is 0 Å². The van der Waals surface area contributed by atoms with Crippen molar-refractivity contribution in [1.29, 1.82) is 0 Å². The Bertz CT molecular complexity index is 2630. The average Bonchev–Trinajstić information content (AvgIpc) is 3.69. The van der Waals surface area contributed by atoms with E-state index in [0.717, 1.165) is 0 Å². The minimum Gasteiger partial charge on any atom is -0.312 e. The van der Waals surface area contributed by atoms with E-state index in [1.165, 1.54) is 100 Å². The van der Waals surface area contributed by atoms with Crippen LogP contribution in [0.15, 0.2) is 146 Å². The smallest absolute Gasteiger partial charge is 0.250 e. The highest BCUT2D eigenvalue weighted by Crippen LogP contribution is 2.47. The Balaban J connectivity index is 1.25. The van der Waals surface area contributed by atoms with Crippen molar-refractivity contribution < 1.29 is 0 Å². The van der Waals surface area contributed by atoms with Crippen LogP contribution < -0.4 is 42.6 Å². The van der Waals surface area contributed by atoms with Crippen molar-refractivity contribution in [3.8, 4) is 22.3 Å². The molecule has 0 bridgehead atoms. The normalized spacial score (nSPS) is 14.0. The first-order valence-corrected chi connectivity index (χ1v) is 19.5. The topological polar surface area (TPSA) is 6.48 Å². The highest BCUT2D eigenvalue weighted by atomic mass is 15.2. The molecule has 258 valence electrons. The van der Waals surface area contributed by atoms with E-state index in [-0.39, 0.29) is 24.3 Å². The van der Waals surface area contributed by atoms with Gasteiger partial charge >= 0.3 is 0 Å². The van der Waals surface area contributed by atoms with Crippen molar-refractivity contribution in [2.45, 2.75) is 52.4 Å². The summed E-state index contributed by atoms with van der Waals surface area (Å²) in [6, 6.07) is 55.8. The molecule has 54 heavy (non-hydrogen) atoms. The van der Waals surface area contributed by atoms with Crippen molar-refractivity contribution in [1.82, 2.24) is 0 Å². The lowest BCUT2D eigenvalue weighted by Gasteiger charge is -2.44. The van der Waals surface area contributed by atoms with Crippen LogP contribution in [0.1, 0.15) is 52.7 Å². The summed E-state index contributed by atoms with van der Waals surface area (Å²) in [5.41, 5.74) is 24.2. The molecule has 0 aliphatic carbocycles. The van der Waals surface area contributed by atoms with Gasteiger partial charge in [0.1, 0.15) is 0 Å². The Morgan fingerprint density at radius 3 is 1.39 bits per heavy atom. The van der Waals surface area contributed by atoms with Crippen LogP contribution in [-0.2, 0) is 10.8 Å². The molecule has 2 nitrogen and oxygen atoms in total. The number of hydrogen-bond donors (Lipinski definition) is 0. The maximum absolute atomic E-state index is 2.64. The van der Waals surface area contributed by atoms with Crippen molar-refractivity contribution >= 4 is 80.3 Å². The minimum atomic E-state index is 0.0630. The third-order valence-electron chi connectivity index (χ3n) is 12.6. The van der Waals surface area contributed by atoms with E-state index < -0.39 is 0 Å². The number of fused-ring (bicyclic) bond motifs is 10. The number of benzene rings is 7. The molecular weight excluding hydrogens is 650 g/mol. The predicted molar refractivity (Wildman–Crippen MR) is 233 cm³/mol. The molecule has 0 radical (unpaired) electrons. The predicted octanol–water partition coefficient (Wildman–Crippen LogP) is 8.84. The number of rotatable bonds is 3. The van der Waals surface area contributed by atoms with Gasteiger partial charge in [-0.15, -0.1) is 0 Å². The summed E-state index contributed by atoms with van der Waals surface area (Å²) in [5.74, 6) is 0. The molecule has 4 heterocycles. The largest absolute Gasteiger partial charge is 0.312 e. The van der Waals surface area contributed by atoms with Crippen molar-refractivity contribution in [2.75, 3.05) is 9.80 Å². The third-order valence-corrected chi connectivity index (χ3v) is 12.6. The summed E-state index contributed by atoms with van der Waals surface area (Å²) in [5, 5.41) is 0. The van der Waals surface area contributed by atoms with Gasteiger partial charge in [0.15, 0.2) is 0 Å². The van der Waals surface area contributed by atoms with Crippen LogP contribution in [0, 0.1) is 0 Å². The summed E-state index contributed by atoms with van der Waals surface area (Å²) < 4.78 is 0. The number of nitrogens with zero attached hydrogens (tertiary/aromatic N) is 2. The Morgan fingerprint density at radius 1 is 0.407 bits per heavy atom. The van der Waals surface area contributed by atoms with Gasteiger partial charge in [-0.1, -0.05) is 156 Å². The molecule has 4 heteroatoms. The maximum atomic E-state index is 2.64. The third kappa shape index (κ3) is 4.26. The van der Waals surface area contributed by atoms with Crippen LogP contribution in [0.5, 0.6) is 0 Å². The Kier molecular flexibility index (Phi) is 6.42. The maximum Gasteiger partial charge on any atom is 0.250 e. The SMILES string of the molecule is CC(C)(C)c1ccc(N(c2ccc(C(C)(C)C)cc2)c2ccc3c4c2B2c5ccccc5-c5cccc(c52)N4c2cccc4c2B3c2ccccc2-4)cc1. The second-order valence-corrected chi connectivity index (χ2v) is 17.7. The van der Waals surface area contributed by atoms with E-state index in [9.17, 15) is 0 Å². The fraction of sp³-hybridized carbons (Fsp3) is 0.160. The molecule has 7 aromatic rings. The highest BCUT2D eigenvalue weighted by molar-refractivity contribution is 7.06. The monoisotopic (exact) mass is 692 g/mol. The average molecular weight is 693 g/mol. The Labute approximate surface area is 320 Å². The van der Waals surface area contributed by atoms with Gasteiger partial charge in [-0.05, 0) is 109 Å². The lowest BCUT2D eigenvalue weighted by molar-refractivity contribution is 0.590. The van der Waals surface area contributed by atoms with Crippen LogP contribution in [0.2, 0.25) is 0 Å². The molecule has 11 rings (SSSR count). The molecule has 0 N–H and O–H groups in total. The first-order chi connectivity index (χ1) is 26.1. The molecule has 0 unspecified atom stereocenters. The minimum absolute atomic E-state index is 0.0630. The summed E-state index contributed by atoms with van der Waals surface area (Å²) in [4.78, 5) is 5.18. The van der Waals surface area contributed by atoms with Crippen LogP contribution >= 0.6 is 0 Å². The quantitative estimate of drug-likeness (QED) is 0.171. The first-order valence-electron chi connectivity index (χ1n) is 19.5. The van der Waals surface area contributed by atoms with E-state index in [0.29, 0.717) is 0 Å². The zero-order valence-corrected chi connectivity index (χ0v) is 31.9. The highest BCUT2D eigenvalue weighted by Gasteiger charge is 2.50. The lowest BCUT2D eigenvalue weighted by Crippen LogP contribution is -2.63. The molecule has 7 aromatic carbocycles. The number of hydrogen-bond acceptors (Lipinski definition) is 2. The van der Waals surface area contributed by atoms with Crippen LogP contribution in [-0.4, -0.2) is 13.4 Å². The van der Waals surface area contributed by atoms with E-state index in [2.05, 4.69) is 197 Å². The molecule has 0 amide bonds. The van der Waals surface area contributed by atoms with Gasteiger partial charge in [-0.3, -0.25) is 0 Å². The summed E-state index contributed by atoms with van der Waals surface area (Å²) >= 11 is 0. The summed E-state index contributed by atoms with van der Waals surface area (Å²) in [6.45, 7) is 14.1. The van der Waals surface area contributed by atoms with Gasteiger partial charge in [0.05, 0.1) is 0 Å². The van der Waals surface area contributed by atoms with Crippen molar-refractivity contribution in [2.24, 2.45) is 0 Å². The second-order valence-electron chi connectivity index (χ2n) is 17.7. The van der Waals surface area contributed by atoms with Crippen LogP contribution in [0.4, 0.5) is 34.1 Å². The molecule has 0 atom stereocenters. The second kappa shape index (κ2) is 10.9. The summed E-state index contributed by atoms with van der Waals surface area (Å²) in [6.07, 6.45) is 0. The molecule has 0 fully saturated rings. The molecule has 0 aromatic heterocycles. The molecule has 0 spiro atoms. The van der Waals surface area contributed by atoms with Gasteiger partial charge in [-0.2, -0.15) is 0 Å². The molecular formula is C50H42B2N2. The zero-order chi connectivity index (χ0) is 36.7. The van der Waals surface area contributed by atoms with Gasteiger partial charge < -0.3 is 9.80 Å². The van der Waals surface area contributed by atoms with Gasteiger partial charge in [0, 0.05) is 34.1 Å². The Morgan fingerprint density at radius 2 is 0.870 bits per heavy atom. The molecule has 4 aliphatic rings. The van der Waals surface area contributed by atoms with E-state index in [1.807, 2.05) is 0 Å². The van der Waals surface area contributed by atoms with Crippen LogP contribution in [0.3, 0.4) is 0 Å². The number of anilines is 6. The van der Waals surface area contributed by atoms with Crippen molar-refractivity contribution in [3.05, 3.63) is 157 Å². The summed E-state index contributed by atoms with van der Waals surface area (Å²) in [7, 11) is 0. The fourth-order valence-electron chi connectivity index (χ4n) is 10.1. The van der Waals surface area contributed by atoms with Gasteiger partial charge in [0.25, 0.3) is 6.71 Å². The zero-order valence-electron chi connectivity index (χ0n) is 31.9. The molecule has 4 aliphatic heterocycles. The standard InChI is InChI=1S/C50H42B2N2/c1-49(2,3)31-21-25-33(26-22-31)53(34-27-23-32(24-28-34)50(4,5)6)44-30-29-41-48-47(44)52-40-18-10-8-14-36(40)38-16-12-20-43(46(38)52)54(48)42-19-11-15-37-35-13-7-9-17-39(35)51(41)45(37)42/h7-30H,1-6H3. The molecule has 0 saturated heterocycles. The van der Waals surface area contributed by atoms with E-state index >= 15 is 0 Å². The van der Waals surface area contributed by atoms with Crippen LogP contribution in [0.25, 0.3) is 22.3 Å². The van der Waals surface area contributed by atoms with Gasteiger partial charge in [-0.25, -0.2) is 0 Å². The van der Waals surface area contributed by atoms with Gasteiger partial charge in [0.2, 0.25) is 6.71 Å². The molecule has 0 saturated carbocycles. The Hall–Kier alpha value is -5.73. The first kappa shape index (κ1) is 31.8. The van der Waals surface area contributed by atoms with E-state index in [1.54, 1.807) is 0 Å². The van der Waals surface area contributed by atoms with E-state index in [4.69, 9.17) is 0 Å².